The zero-order valence-electron chi connectivity index (χ0n) is 4.22. The van der Waals surface area contributed by atoms with Gasteiger partial charge < -0.3 is 0 Å². The molecule has 0 rings (SSSR count). The van der Waals surface area contributed by atoms with Gasteiger partial charge in [-0.1, -0.05) is 0 Å². The summed E-state index contributed by atoms with van der Waals surface area (Å²) in [7, 11) is -3.85. The van der Waals surface area contributed by atoms with Crippen molar-refractivity contribution >= 4 is 26.2 Å². The first-order valence-corrected chi connectivity index (χ1v) is 4.66. The number of carbonyl (C=O) groups excluding carboxylic acids is 1. The number of carbonyl (C=O) groups is 1. The Hall–Kier alpha value is -0.330. The third-order valence-electron chi connectivity index (χ3n) is 0.334. The summed E-state index contributed by atoms with van der Waals surface area (Å²) >= 11 is 0. The standard InChI is InChI=1S/C3H4O4S2/c4-2-1-3-8-9(5,6)7/h1-3H,(H,5,6,7)/b3-1+. The maximum Gasteiger partial charge on any atom is 0.323 e. The highest BCUT2D eigenvalue weighted by molar-refractivity contribution is 8.71. The lowest BCUT2D eigenvalue weighted by atomic mass is 10.7. The van der Waals surface area contributed by atoms with Gasteiger partial charge in [0.1, 0.15) is 6.29 Å². The Labute approximate surface area is 56.1 Å². The second-order valence-electron chi connectivity index (χ2n) is 0.989. The molecule has 0 radical (unpaired) electrons. The molecule has 4 nitrogen and oxygen atoms in total. The van der Waals surface area contributed by atoms with E-state index in [1.807, 2.05) is 0 Å². The molecule has 0 heterocycles. The molecular formula is C3H4O4S2. The summed E-state index contributed by atoms with van der Waals surface area (Å²) in [4.78, 5) is 9.51. The summed E-state index contributed by atoms with van der Waals surface area (Å²) in [6, 6.07) is 0. The Morgan fingerprint density at radius 3 is 2.33 bits per heavy atom. The van der Waals surface area contributed by atoms with Gasteiger partial charge in [0.05, 0.1) is 0 Å². The minimum absolute atomic E-state index is 0.174. The molecule has 1 N–H and O–H groups in total. The minimum Gasteiger partial charge on any atom is -0.299 e. The Morgan fingerprint density at radius 2 is 2.00 bits per heavy atom. The van der Waals surface area contributed by atoms with Gasteiger partial charge in [-0.3, -0.25) is 9.35 Å². The SMILES string of the molecule is O=C/C=C/SS(=O)(=O)O. The van der Waals surface area contributed by atoms with Crippen molar-refractivity contribution in [3.8, 4) is 0 Å². The molecule has 0 saturated heterocycles. The molecule has 0 aromatic carbocycles. The van der Waals surface area contributed by atoms with E-state index in [0.29, 0.717) is 6.29 Å². The molecule has 0 unspecified atom stereocenters. The van der Waals surface area contributed by atoms with E-state index in [0.717, 1.165) is 11.5 Å². The summed E-state index contributed by atoms with van der Waals surface area (Å²) in [5, 5.41) is 0.975. The fourth-order valence-electron chi connectivity index (χ4n) is 0.134. The highest BCUT2D eigenvalue weighted by atomic mass is 33.1. The molecule has 0 atom stereocenters. The third kappa shape index (κ3) is 7.67. The van der Waals surface area contributed by atoms with Gasteiger partial charge in [-0.25, -0.2) is 0 Å². The predicted molar refractivity (Wildman–Crippen MR) is 34.3 cm³/mol. The van der Waals surface area contributed by atoms with Crippen LogP contribution in [0.5, 0.6) is 0 Å². The quantitative estimate of drug-likeness (QED) is 0.283. The van der Waals surface area contributed by atoms with E-state index in [1.54, 1.807) is 0 Å². The molecule has 0 aliphatic carbocycles. The summed E-state index contributed by atoms with van der Waals surface area (Å²) in [6.07, 6.45) is 1.39. The van der Waals surface area contributed by atoms with E-state index in [4.69, 9.17) is 4.55 Å². The molecule has 0 amide bonds. The maximum atomic E-state index is 9.86. The molecule has 0 bridgehead atoms. The molecule has 6 heteroatoms. The van der Waals surface area contributed by atoms with Crippen LogP contribution in [0.15, 0.2) is 11.5 Å². The molecule has 0 fully saturated rings. The van der Waals surface area contributed by atoms with Crippen LogP contribution in [0.25, 0.3) is 0 Å². The Bertz CT molecular complexity index is 202. The van der Waals surface area contributed by atoms with E-state index >= 15 is 0 Å². The van der Waals surface area contributed by atoms with Gasteiger partial charge in [0.15, 0.2) is 0 Å². The van der Waals surface area contributed by atoms with Crippen LogP contribution >= 0.6 is 10.8 Å². The number of rotatable bonds is 3. The van der Waals surface area contributed by atoms with Gasteiger partial charge in [0, 0.05) is 10.8 Å². The third-order valence-corrected chi connectivity index (χ3v) is 1.91. The lowest BCUT2D eigenvalue weighted by molar-refractivity contribution is -0.104. The van der Waals surface area contributed by atoms with Gasteiger partial charge in [-0.15, -0.1) is 0 Å². The van der Waals surface area contributed by atoms with Crippen LogP contribution in [-0.4, -0.2) is 19.3 Å². The van der Waals surface area contributed by atoms with Gasteiger partial charge in [0.2, 0.25) is 0 Å². The Kier molecular flexibility index (Phi) is 3.52. The highest BCUT2D eigenvalue weighted by Crippen LogP contribution is 2.08. The van der Waals surface area contributed by atoms with Gasteiger partial charge in [-0.05, 0) is 11.5 Å². The van der Waals surface area contributed by atoms with Crippen LogP contribution in [0.4, 0.5) is 0 Å². The van der Waals surface area contributed by atoms with Crippen LogP contribution in [0.2, 0.25) is 0 Å². The van der Waals surface area contributed by atoms with Crippen LogP contribution in [-0.2, 0) is 13.9 Å². The van der Waals surface area contributed by atoms with Crippen LogP contribution in [0.3, 0.4) is 0 Å². The molecule has 9 heavy (non-hydrogen) atoms. The first-order chi connectivity index (χ1) is 4.06. The Morgan fingerprint density at radius 1 is 1.44 bits per heavy atom. The van der Waals surface area contributed by atoms with Crippen molar-refractivity contribution < 1.29 is 17.8 Å². The highest BCUT2D eigenvalue weighted by Gasteiger charge is 1.98. The average molecular weight is 168 g/mol. The Balaban J connectivity index is 3.78. The molecule has 0 saturated carbocycles. The van der Waals surface area contributed by atoms with Crippen molar-refractivity contribution in [1.29, 1.82) is 0 Å². The van der Waals surface area contributed by atoms with E-state index in [2.05, 4.69) is 0 Å². The first-order valence-electron chi connectivity index (χ1n) is 1.82. The summed E-state index contributed by atoms with van der Waals surface area (Å²) in [5.41, 5.74) is 0. The normalized spacial score (nSPS) is 12.1. The van der Waals surface area contributed by atoms with Gasteiger partial charge >= 0.3 is 9.15 Å². The van der Waals surface area contributed by atoms with E-state index in [9.17, 15) is 13.2 Å². The maximum absolute atomic E-state index is 9.86. The summed E-state index contributed by atoms with van der Waals surface area (Å²) in [5.74, 6) is 0. The van der Waals surface area contributed by atoms with Crippen LogP contribution in [0, 0.1) is 0 Å². The predicted octanol–water partition coefficient (Wildman–Crippen LogP) is 0.235. The largest absolute Gasteiger partial charge is 0.323 e. The second-order valence-corrected chi connectivity index (χ2v) is 4.15. The van der Waals surface area contributed by atoms with Crippen molar-refractivity contribution in [1.82, 2.24) is 0 Å². The molecule has 0 spiro atoms. The number of hydrogen-bond acceptors (Lipinski definition) is 4. The fourth-order valence-corrected chi connectivity index (χ4v) is 1.02. The number of allylic oxidation sites excluding steroid dienone is 1. The first kappa shape index (κ1) is 8.67. The minimum atomic E-state index is -4.03. The van der Waals surface area contributed by atoms with Crippen LogP contribution in [0.1, 0.15) is 0 Å². The fraction of sp³-hybridized carbons (Fsp3) is 0. The summed E-state index contributed by atoms with van der Waals surface area (Å²) in [6.45, 7) is 0. The monoisotopic (exact) mass is 168 g/mol. The molecular weight excluding hydrogens is 164 g/mol. The van der Waals surface area contributed by atoms with E-state index in [1.165, 1.54) is 0 Å². The van der Waals surface area contributed by atoms with E-state index in [-0.39, 0.29) is 10.8 Å². The zero-order chi connectivity index (χ0) is 7.33. The topological polar surface area (TPSA) is 71.4 Å². The van der Waals surface area contributed by atoms with Crippen molar-refractivity contribution in [2.24, 2.45) is 0 Å². The van der Waals surface area contributed by atoms with Crippen LogP contribution < -0.4 is 0 Å². The summed E-state index contributed by atoms with van der Waals surface area (Å²) < 4.78 is 27.7. The molecule has 0 aromatic heterocycles. The molecule has 0 aromatic rings. The van der Waals surface area contributed by atoms with Crippen molar-refractivity contribution in [2.75, 3.05) is 0 Å². The zero-order valence-corrected chi connectivity index (χ0v) is 5.85. The smallest absolute Gasteiger partial charge is 0.299 e. The van der Waals surface area contributed by atoms with Gasteiger partial charge in [-0.2, -0.15) is 8.42 Å². The lowest BCUT2D eigenvalue weighted by Gasteiger charge is -1.82. The van der Waals surface area contributed by atoms with Crippen molar-refractivity contribution in [3.05, 3.63) is 11.5 Å². The lowest BCUT2D eigenvalue weighted by Crippen LogP contribution is -1.84. The second kappa shape index (κ2) is 3.65. The van der Waals surface area contributed by atoms with Crippen molar-refractivity contribution in [3.63, 3.8) is 0 Å². The number of hydrogen-bond donors (Lipinski definition) is 1. The van der Waals surface area contributed by atoms with E-state index < -0.39 is 9.15 Å². The van der Waals surface area contributed by atoms with Crippen molar-refractivity contribution in [2.45, 2.75) is 0 Å². The average Bonchev–Trinajstić information content (AvgIpc) is 1.63. The molecule has 0 aliphatic rings. The number of aldehydes is 1. The molecule has 52 valence electrons. The molecule has 0 aliphatic heterocycles. The van der Waals surface area contributed by atoms with Gasteiger partial charge in [0.25, 0.3) is 0 Å².